The molecule has 0 radical (unpaired) electrons. The molecule has 1 unspecified atom stereocenters. The van der Waals surface area contributed by atoms with Crippen molar-refractivity contribution in [3.05, 3.63) is 23.8 Å². The van der Waals surface area contributed by atoms with Gasteiger partial charge in [-0.25, -0.2) is 4.79 Å². The van der Waals surface area contributed by atoms with E-state index in [1.54, 1.807) is 13.0 Å². The van der Waals surface area contributed by atoms with Crippen molar-refractivity contribution in [3.8, 4) is 0 Å². The van der Waals surface area contributed by atoms with Crippen LogP contribution in [0.25, 0.3) is 0 Å². The van der Waals surface area contributed by atoms with E-state index in [1.165, 1.54) is 12.1 Å². The highest BCUT2D eigenvalue weighted by atomic mass is 16.4. The largest absolute Gasteiger partial charge is 0.478 e. The van der Waals surface area contributed by atoms with Crippen molar-refractivity contribution in [1.82, 2.24) is 0 Å². The highest BCUT2D eigenvalue weighted by molar-refractivity contribution is 5.90. The van der Waals surface area contributed by atoms with Gasteiger partial charge in [-0.2, -0.15) is 0 Å². The molecule has 6 heteroatoms. The van der Waals surface area contributed by atoms with E-state index in [0.29, 0.717) is 24.5 Å². The van der Waals surface area contributed by atoms with E-state index >= 15 is 0 Å². The predicted octanol–water partition coefficient (Wildman–Crippen LogP) is 0.915. The molecule has 0 bridgehead atoms. The zero-order chi connectivity index (χ0) is 14.6. The third kappa shape index (κ3) is 3.61. The Morgan fingerprint density at radius 1 is 1.42 bits per heavy atom. The molecule has 0 saturated heterocycles. The number of primary amides is 1. The number of amides is 1. The molecule has 0 fully saturated rings. The fraction of sp³-hybridized carbons (Fsp3) is 0.385. The Labute approximate surface area is 112 Å². The molecule has 0 saturated carbocycles. The maximum Gasteiger partial charge on any atom is 0.335 e. The number of carbonyl (C=O) groups excluding carboxylic acids is 1. The van der Waals surface area contributed by atoms with Gasteiger partial charge in [0.1, 0.15) is 0 Å². The summed E-state index contributed by atoms with van der Waals surface area (Å²) in [7, 11) is 0. The van der Waals surface area contributed by atoms with Gasteiger partial charge in [0.25, 0.3) is 0 Å². The lowest BCUT2D eigenvalue weighted by molar-refractivity contribution is -0.121. The summed E-state index contributed by atoms with van der Waals surface area (Å²) in [6.07, 6.45) is 0. The van der Waals surface area contributed by atoms with Gasteiger partial charge in [-0.3, -0.25) is 4.79 Å². The minimum absolute atomic E-state index is 0.139. The summed E-state index contributed by atoms with van der Waals surface area (Å²) in [5.41, 5.74) is 12.3. The number of carboxylic acid groups (broad SMARTS) is 1. The van der Waals surface area contributed by atoms with Crippen LogP contribution in [0.1, 0.15) is 24.2 Å². The molecule has 6 nitrogen and oxygen atoms in total. The molecule has 104 valence electrons. The lowest BCUT2D eigenvalue weighted by Crippen LogP contribution is -2.35. The summed E-state index contributed by atoms with van der Waals surface area (Å²) in [6, 6.07) is 4.55. The molecular formula is C13H19N3O3. The quantitative estimate of drug-likeness (QED) is 0.662. The highest BCUT2D eigenvalue weighted by Crippen LogP contribution is 2.25. The number of hydrogen-bond donors (Lipinski definition) is 3. The fourth-order valence-corrected chi connectivity index (χ4v) is 1.79. The summed E-state index contributed by atoms with van der Waals surface area (Å²) in [5, 5.41) is 8.88. The first-order valence-electron chi connectivity index (χ1n) is 6.03. The van der Waals surface area contributed by atoms with E-state index in [1.807, 2.05) is 11.8 Å². The first-order chi connectivity index (χ1) is 8.86. The number of aromatic carboxylic acids is 1. The van der Waals surface area contributed by atoms with Crippen molar-refractivity contribution >= 4 is 23.3 Å². The number of anilines is 2. The summed E-state index contributed by atoms with van der Waals surface area (Å²) in [6.45, 7) is 4.77. The summed E-state index contributed by atoms with van der Waals surface area (Å²) >= 11 is 0. The van der Waals surface area contributed by atoms with Crippen LogP contribution in [-0.4, -0.2) is 30.1 Å². The fourth-order valence-electron chi connectivity index (χ4n) is 1.79. The van der Waals surface area contributed by atoms with Crippen LogP contribution in [0.5, 0.6) is 0 Å². The molecule has 0 spiro atoms. The van der Waals surface area contributed by atoms with Crippen molar-refractivity contribution in [2.45, 2.75) is 13.8 Å². The maximum atomic E-state index is 11.1. The molecular weight excluding hydrogens is 246 g/mol. The number of rotatable bonds is 6. The topological polar surface area (TPSA) is 110 Å². The first-order valence-corrected chi connectivity index (χ1v) is 6.03. The Morgan fingerprint density at radius 3 is 2.47 bits per heavy atom. The Kier molecular flexibility index (Phi) is 4.74. The first kappa shape index (κ1) is 14.8. The van der Waals surface area contributed by atoms with Crippen molar-refractivity contribution < 1.29 is 14.7 Å². The maximum absolute atomic E-state index is 11.1. The van der Waals surface area contributed by atoms with E-state index in [2.05, 4.69) is 0 Å². The van der Waals surface area contributed by atoms with Crippen molar-refractivity contribution in [1.29, 1.82) is 0 Å². The molecule has 0 heterocycles. The highest BCUT2D eigenvalue weighted by Gasteiger charge is 2.16. The van der Waals surface area contributed by atoms with Crippen LogP contribution in [0.3, 0.4) is 0 Å². The van der Waals surface area contributed by atoms with Crippen molar-refractivity contribution in [2.75, 3.05) is 23.7 Å². The minimum atomic E-state index is -1.02. The zero-order valence-electron chi connectivity index (χ0n) is 11.1. The number of nitrogens with two attached hydrogens (primary N) is 2. The third-order valence-electron chi connectivity index (χ3n) is 2.98. The van der Waals surface area contributed by atoms with Crippen LogP contribution < -0.4 is 16.4 Å². The van der Waals surface area contributed by atoms with Crippen LogP contribution in [0.4, 0.5) is 11.4 Å². The number of nitrogens with zero attached hydrogens (tertiary/aromatic N) is 1. The van der Waals surface area contributed by atoms with Crippen molar-refractivity contribution in [3.63, 3.8) is 0 Å². The van der Waals surface area contributed by atoms with Gasteiger partial charge < -0.3 is 21.5 Å². The second-order valence-electron chi connectivity index (χ2n) is 4.42. The van der Waals surface area contributed by atoms with Gasteiger partial charge in [0.05, 0.1) is 22.9 Å². The van der Waals surface area contributed by atoms with Crippen LogP contribution in [-0.2, 0) is 4.79 Å². The third-order valence-corrected chi connectivity index (χ3v) is 2.98. The van der Waals surface area contributed by atoms with Crippen LogP contribution in [0, 0.1) is 5.92 Å². The molecule has 0 aliphatic carbocycles. The second kappa shape index (κ2) is 6.08. The second-order valence-corrected chi connectivity index (χ2v) is 4.42. The number of benzene rings is 1. The van der Waals surface area contributed by atoms with Crippen LogP contribution in [0.15, 0.2) is 18.2 Å². The Bertz CT molecular complexity index is 488. The Hall–Kier alpha value is -2.24. The van der Waals surface area contributed by atoms with Gasteiger partial charge in [0.15, 0.2) is 0 Å². The minimum Gasteiger partial charge on any atom is -0.478 e. The Balaban J connectivity index is 2.99. The van der Waals surface area contributed by atoms with Gasteiger partial charge in [-0.1, -0.05) is 6.92 Å². The van der Waals surface area contributed by atoms with Crippen LogP contribution in [0.2, 0.25) is 0 Å². The van der Waals surface area contributed by atoms with Gasteiger partial charge in [-0.05, 0) is 25.1 Å². The summed E-state index contributed by atoms with van der Waals surface area (Å²) in [5.74, 6) is -1.70. The normalized spacial score (nSPS) is 11.9. The number of carboxylic acids is 1. The monoisotopic (exact) mass is 265 g/mol. The molecule has 0 aliphatic rings. The average Bonchev–Trinajstić information content (AvgIpc) is 2.35. The zero-order valence-corrected chi connectivity index (χ0v) is 11.1. The SMILES string of the molecule is CCN(CC(C)C(N)=O)c1ccc(C(=O)O)cc1N. The smallest absolute Gasteiger partial charge is 0.335 e. The number of hydrogen-bond acceptors (Lipinski definition) is 4. The lowest BCUT2D eigenvalue weighted by atomic mass is 10.1. The standard InChI is InChI=1S/C13H19N3O3/c1-3-16(7-8(2)12(15)17)11-5-4-9(13(18)19)6-10(11)14/h4-6,8H,3,7,14H2,1-2H3,(H2,15,17)(H,18,19). The molecule has 1 aromatic carbocycles. The molecule has 19 heavy (non-hydrogen) atoms. The van der Waals surface area contributed by atoms with E-state index in [9.17, 15) is 9.59 Å². The average molecular weight is 265 g/mol. The van der Waals surface area contributed by atoms with Gasteiger partial charge in [0.2, 0.25) is 5.91 Å². The number of nitrogen functional groups attached to an aromatic ring is 1. The Morgan fingerprint density at radius 2 is 2.05 bits per heavy atom. The summed E-state index contributed by atoms with van der Waals surface area (Å²) < 4.78 is 0. The molecule has 1 atom stereocenters. The molecule has 1 rings (SSSR count). The van der Waals surface area contributed by atoms with Gasteiger partial charge in [0, 0.05) is 13.1 Å². The van der Waals surface area contributed by atoms with E-state index in [4.69, 9.17) is 16.6 Å². The molecule has 0 aliphatic heterocycles. The van der Waals surface area contributed by atoms with Gasteiger partial charge >= 0.3 is 5.97 Å². The van der Waals surface area contributed by atoms with E-state index in [-0.39, 0.29) is 17.4 Å². The lowest BCUT2D eigenvalue weighted by Gasteiger charge is -2.26. The molecule has 1 aromatic rings. The van der Waals surface area contributed by atoms with Crippen molar-refractivity contribution in [2.24, 2.45) is 11.7 Å². The molecule has 0 aromatic heterocycles. The van der Waals surface area contributed by atoms with E-state index < -0.39 is 5.97 Å². The van der Waals surface area contributed by atoms with Crippen LogP contribution >= 0.6 is 0 Å². The van der Waals surface area contributed by atoms with E-state index in [0.717, 1.165) is 0 Å². The van der Waals surface area contributed by atoms with Gasteiger partial charge in [-0.15, -0.1) is 0 Å². The predicted molar refractivity (Wildman–Crippen MR) is 74.1 cm³/mol. The molecule has 5 N–H and O–H groups in total. The summed E-state index contributed by atoms with van der Waals surface area (Å²) in [4.78, 5) is 23.8. The number of carbonyl (C=O) groups is 2. The molecule has 1 amide bonds.